The molecule has 166 valence electrons. The van der Waals surface area contributed by atoms with Gasteiger partial charge in [-0.15, -0.1) is 0 Å². The Morgan fingerprint density at radius 2 is 1.03 bits per heavy atom. The Hall–Kier alpha value is -3.35. The molecule has 7 heteroatoms. The minimum absolute atomic E-state index is 0.0692. The van der Waals surface area contributed by atoms with E-state index in [1.807, 2.05) is 41.5 Å². The van der Waals surface area contributed by atoms with Crippen LogP contribution in [0.15, 0.2) is 48.5 Å². The van der Waals surface area contributed by atoms with Crippen LogP contribution in [0.25, 0.3) is 0 Å². The molecule has 0 aliphatic rings. The van der Waals surface area contributed by atoms with Gasteiger partial charge in [-0.3, -0.25) is 14.4 Å². The Bertz CT molecular complexity index is 921. The monoisotopic (exact) mass is 424 g/mol. The van der Waals surface area contributed by atoms with E-state index in [0.717, 1.165) is 5.69 Å². The van der Waals surface area contributed by atoms with Gasteiger partial charge in [0.05, 0.1) is 6.54 Å². The van der Waals surface area contributed by atoms with Crippen LogP contribution >= 0.6 is 0 Å². The fourth-order valence-corrected chi connectivity index (χ4v) is 2.66. The van der Waals surface area contributed by atoms with E-state index in [4.69, 9.17) is 0 Å². The first-order valence-electron chi connectivity index (χ1n) is 10.2. The number of amides is 3. The lowest BCUT2D eigenvalue weighted by Gasteiger charge is -2.20. The van der Waals surface area contributed by atoms with Crippen molar-refractivity contribution in [2.75, 3.05) is 17.2 Å². The van der Waals surface area contributed by atoms with Crippen LogP contribution in [0.2, 0.25) is 0 Å². The molecule has 0 saturated carbocycles. The standard InChI is InChI=1S/C24H32N4O3/c1-23(2,3)27-21(30)16-7-11-18(12-8-16)25-15-20(29)26-19-13-9-17(10-14-19)22(31)28-24(4,5)6/h7-14,25H,15H2,1-6H3,(H,26,29)(H,27,30)(H,28,31). The summed E-state index contributed by atoms with van der Waals surface area (Å²) in [7, 11) is 0. The molecule has 0 bridgehead atoms. The van der Waals surface area contributed by atoms with E-state index in [2.05, 4.69) is 21.3 Å². The molecule has 2 aromatic rings. The maximum Gasteiger partial charge on any atom is 0.251 e. The minimum atomic E-state index is -0.315. The van der Waals surface area contributed by atoms with Crippen molar-refractivity contribution in [2.45, 2.75) is 52.6 Å². The first-order chi connectivity index (χ1) is 14.3. The summed E-state index contributed by atoms with van der Waals surface area (Å²) in [6, 6.07) is 13.7. The number of carbonyl (C=O) groups excluding carboxylic acids is 3. The van der Waals surface area contributed by atoms with Crippen molar-refractivity contribution in [3.63, 3.8) is 0 Å². The van der Waals surface area contributed by atoms with Crippen LogP contribution in [0.5, 0.6) is 0 Å². The molecule has 0 heterocycles. The molecule has 0 fully saturated rings. The number of rotatable bonds is 6. The van der Waals surface area contributed by atoms with E-state index in [0.29, 0.717) is 16.8 Å². The van der Waals surface area contributed by atoms with Gasteiger partial charge in [0.15, 0.2) is 0 Å². The highest BCUT2D eigenvalue weighted by atomic mass is 16.2. The molecular formula is C24H32N4O3. The van der Waals surface area contributed by atoms with Crippen LogP contribution in [0.4, 0.5) is 11.4 Å². The molecule has 0 atom stereocenters. The van der Waals surface area contributed by atoms with Crippen molar-refractivity contribution in [1.29, 1.82) is 0 Å². The maximum absolute atomic E-state index is 12.2. The summed E-state index contributed by atoms with van der Waals surface area (Å²) >= 11 is 0. The van der Waals surface area contributed by atoms with E-state index < -0.39 is 0 Å². The lowest BCUT2D eigenvalue weighted by molar-refractivity contribution is -0.114. The number of carbonyl (C=O) groups is 3. The first-order valence-corrected chi connectivity index (χ1v) is 10.2. The highest BCUT2D eigenvalue weighted by Gasteiger charge is 2.16. The van der Waals surface area contributed by atoms with Gasteiger partial charge in [0, 0.05) is 33.6 Å². The quantitative estimate of drug-likeness (QED) is 0.567. The van der Waals surface area contributed by atoms with E-state index in [9.17, 15) is 14.4 Å². The molecule has 7 nitrogen and oxygen atoms in total. The minimum Gasteiger partial charge on any atom is -0.376 e. The van der Waals surface area contributed by atoms with Crippen LogP contribution in [-0.4, -0.2) is 35.3 Å². The van der Waals surface area contributed by atoms with Crippen LogP contribution in [0.1, 0.15) is 62.3 Å². The average molecular weight is 425 g/mol. The number of nitrogens with one attached hydrogen (secondary N) is 4. The van der Waals surface area contributed by atoms with Gasteiger partial charge in [0.25, 0.3) is 11.8 Å². The third-order valence-corrected chi connectivity index (χ3v) is 4.01. The van der Waals surface area contributed by atoms with E-state index in [1.54, 1.807) is 48.5 Å². The maximum atomic E-state index is 12.2. The predicted octanol–water partition coefficient (Wildman–Crippen LogP) is 3.79. The molecule has 0 saturated heterocycles. The Morgan fingerprint density at radius 1 is 0.645 bits per heavy atom. The lowest BCUT2D eigenvalue weighted by Crippen LogP contribution is -2.40. The van der Waals surface area contributed by atoms with E-state index in [-0.39, 0.29) is 35.3 Å². The van der Waals surface area contributed by atoms with Crippen LogP contribution < -0.4 is 21.3 Å². The highest BCUT2D eigenvalue weighted by Crippen LogP contribution is 2.13. The Morgan fingerprint density at radius 3 is 1.42 bits per heavy atom. The van der Waals surface area contributed by atoms with E-state index in [1.165, 1.54) is 0 Å². The molecule has 2 aromatic carbocycles. The van der Waals surface area contributed by atoms with Crippen molar-refractivity contribution in [1.82, 2.24) is 10.6 Å². The normalized spacial score (nSPS) is 11.4. The Balaban J connectivity index is 1.85. The third-order valence-electron chi connectivity index (χ3n) is 4.01. The summed E-state index contributed by atoms with van der Waals surface area (Å²) < 4.78 is 0. The summed E-state index contributed by atoms with van der Waals surface area (Å²) in [6.07, 6.45) is 0. The first kappa shape index (κ1) is 23.9. The van der Waals surface area contributed by atoms with Gasteiger partial charge in [-0.1, -0.05) is 0 Å². The van der Waals surface area contributed by atoms with Crippen LogP contribution in [0.3, 0.4) is 0 Å². The molecule has 3 amide bonds. The highest BCUT2D eigenvalue weighted by molar-refractivity contribution is 5.97. The molecule has 2 rings (SSSR count). The lowest BCUT2D eigenvalue weighted by atomic mass is 10.1. The second-order valence-electron chi connectivity index (χ2n) is 9.46. The summed E-state index contributed by atoms with van der Waals surface area (Å²) in [5.41, 5.74) is 1.80. The fraction of sp³-hybridized carbons (Fsp3) is 0.375. The molecule has 0 unspecified atom stereocenters. The average Bonchev–Trinajstić information content (AvgIpc) is 2.64. The van der Waals surface area contributed by atoms with Gasteiger partial charge in [-0.05, 0) is 90.1 Å². The zero-order valence-electron chi connectivity index (χ0n) is 19.1. The van der Waals surface area contributed by atoms with Crippen molar-refractivity contribution < 1.29 is 14.4 Å². The van der Waals surface area contributed by atoms with Crippen molar-refractivity contribution >= 4 is 29.1 Å². The van der Waals surface area contributed by atoms with Gasteiger partial charge < -0.3 is 21.3 Å². The number of benzene rings is 2. The summed E-state index contributed by atoms with van der Waals surface area (Å²) in [6.45, 7) is 11.6. The number of hydrogen-bond donors (Lipinski definition) is 4. The Kier molecular flexibility index (Phi) is 7.44. The molecule has 0 aliphatic heterocycles. The second kappa shape index (κ2) is 9.64. The van der Waals surface area contributed by atoms with Crippen molar-refractivity contribution in [3.8, 4) is 0 Å². The molecule has 0 radical (unpaired) electrons. The zero-order valence-corrected chi connectivity index (χ0v) is 19.1. The second-order valence-corrected chi connectivity index (χ2v) is 9.46. The molecule has 0 aromatic heterocycles. The van der Waals surface area contributed by atoms with Crippen LogP contribution in [-0.2, 0) is 4.79 Å². The SMILES string of the molecule is CC(C)(C)NC(=O)c1ccc(NCC(=O)Nc2ccc(C(=O)NC(C)(C)C)cc2)cc1. The van der Waals surface area contributed by atoms with Gasteiger partial charge in [0.1, 0.15) is 0 Å². The summed E-state index contributed by atoms with van der Waals surface area (Å²) in [4.78, 5) is 36.5. The third kappa shape index (κ3) is 8.50. The van der Waals surface area contributed by atoms with Crippen LogP contribution in [0, 0.1) is 0 Å². The molecule has 0 aliphatic carbocycles. The summed E-state index contributed by atoms with van der Waals surface area (Å²) in [5.74, 6) is -0.524. The van der Waals surface area contributed by atoms with Crippen molar-refractivity contribution in [3.05, 3.63) is 59.7 Å². The van der Waals surface area contributed by atoms with Gasteiger partial charge in [-0.25, -0.2) is 0 Å². The largest absolute Gasteiger partial charge is 0.376 e. The van der Waals surface area contributed by atoms with Crippen molar-refractivity contribution in [2.24, 2.45) is 0 Å². The molecule has 4 N–H and O–H groups in total. The molecule has 31 heavy (non-hydrogen) atoms. The number of hydrogen-bond acceptors (Lipinski definition) is 4. The van der Waals surface area contributed by atoms with Gasteiger partial charge in [0.2, 0.25) is 5.91 Å². The molecule has 0 spiro atoms. The Labute approximate surface area is 184 Å². The topological polar surface area (TPSA) is 99.3 Å². The summed E-state index contributed by atoms with van der Waals surface area (Å²) in [5, 5.41) is 11.6. The zero-order chi connectivity index (χ0) is 23.2. The predicted molar refractivity (Wildman–Crippen MR) is 124 cm³/mol. The fourth-order valence-electron chi connectivity index (χ4n) is 2.66. The molecular weight excluding hydrogens is 392 g/mol. The van der Waals surface area contributed by atoms with Gasteiger partial charge >= 0.3 is 0 Å². The van der Waals surface area contributed by atoms with E-state index >= 15 is 0 Å². The van der Waals surface area contributed by atoms with Gasteiger partial charge in [-0.2, -0.15) is 0 Å². The number of anilines is 2. The smallest absolute Gasteiger partial charge is 0.251 e.